The molecule has 1 rings (SSSR count). The van der Waals surface area contributed by atoms with Crippen LogP contribution in [0.5, 0.6) is 0 Å². The normalized spacial score (nSPS) is 12.3. The maximum Gasteiger partial charge on any atom is 0.0461 e. The van der Waals surface area contributed by atoms with Crippen LogP contribution in [0.25, 0.3) is 0 Å². The third kappa shape index (κ3) is 2.58. The Bertz CT molecular complexity index is 356. The summed E-state index contributed by atoms with van der Waals surface area (Å²) in [5.41, 5.74) is 5.29. The standard InChI is InChI=1S/C14H23N/c1-9(2)13-10(3)8-12(11(4)15-13)14(5,6)7/h8-9H,1-7H3. The summed E-state index contributed by atoms with van der Waals surface area (Å²) in [6, 6.07) is 2.30. The van der Waals surface area contributed by atoms with E-state index in [-0.39, 0.29) is 5.41 Å². The summed E-state index contributed by atoms with van der Waals surface area (Å²) in [6.07, 6.45) is 0. The van der Waals surface area contributed by atoms with Crippen molar-refractivity contribution in [2.24, 2.45) is 0 Å². The quantitative estimate of drug-likeness (QED) is 0.672. The minimum Gasteiger partial charge on any atom is -0.257 e. The molecule has 0 saturated carbocycles. The number of hydrogen-bond acceptors (Lipinski definition) is 1. The van der Waals surface area contributed by atoms with E-state index in [1.807, 2.05) is 0 Å². The number of aromatic nitrogens is 1. The van der Waals surface area contributed by atoms with Crippen molar-refractivity contribution in [3.05, 3.63) is 28.6 Å². The lowest BCUT2D eigenvalue weighted by Crippen LogP contribution is -2.15. The third-order valence-corrected chi connectivity index (χ3v) is 2.80. The summed E-state index contributed by atoms with van der Waals surface area (Å²) in [4.78, 5) is 4.74. The molecule has 84 valence electrons. The maximum absolute atomic E-state index is 4.74. The van der Waals surface area contributed by atoms with Crippen LogP contribution in [-0.4, -0.2) is 4.98 Å². The molecule has 0 amide bonds. The average Bonchev–Trinajstić information content (AvgIpc) is 2.06. The lowest BCUT2D eigenvalue weighted by Gasteiger charge is -2.23. The van der Waals surface area contributed by atoms with Crippen LogP contribution < -0.4 is 0 Å². The van der Waals surface area contributed by atoms with E-state index >= 15 is 0 Å². The number of nitrogens with zero attached hydrogens (tertiary/aromatic N) is 1. The Kier molecular flexibility index (Phi) is 3.22. The van der Waals surface area contributed by atoms with E-state index < -0.39 is 0 Å². The molecule has 0 saturated heterocycles. The first-order valence-corrected chi connectivity index (χ1v) is 5.72. The van der Waals surface area contributed by atoms with Crippen molar-refractivity contribution in [1.29, 1.82) is 0 Å². The molecule has 0 aliphatic carbocycles. The fourth-order valence-electron chi connectivity index (χ4n) is 2.07. The van der Waals surface area contributed by atoms with E-state index in [2.05, 4.69) is 54.5 Å². The Labute approximate surface area is 93.9 Å². The van der Waals surface area contributed by atoms with Crippen LogP contribution in [0.4, 0.5) is 0 Å². The second kappa shape index (κ2) is 3.96. The van der Waals surface area contributed by atoms with Gasteiger partial charge in [0.15, 0.2) is 0 Å². The molecule has 0 N–H and O–H groups in total. The van der Waals surface area contributed by atoms with Gasteiger partial charge in [0.2, 0.25) is 0 Å². The zero-order valence-electron chi connectivity index (χ0n) is 11.1. The van der Waals surface area contributed by atoms with Crippen molar-refractivity contribution in [2.45, 2.75) is 59.8 Å². The number of hydrogen-bond donors (Lipinski definition) is 0. The van der Waals surface area contributed by atoms with Gasteiger partial charge in [0.25, 0.3) is 0 Å². The van der Waals surface area contributed by atoms with Crippen LogP contribution >= 0.6 is 0 Å². The van der Waals surface area contributed by atoms with Crippen LogP contribution in [0.2, 0.25) is 0 Å². The molecule has 0 aliphatic heterocycles. The SMILES string of the molecule is Cc1cc(C(C)(C)C)c(C)nc1C(C)C. The van der Waals surface area contributed by atoms with E-state index in [1.54, 1.807) is 0 Å². The van der Waals surface area contributed by atoms with Gasteiger partial charge in [-0.1, -0.05) is 40.7 Å². The Morgan fingerprint density at radius 2 is 1.67 bits per heavy atom. The van der Waals surface area contributed by atoms with Gasteiger partial charge in [-0.15, -0.1) is 0 Å². The highest BCUT2D eigenvalue weighted by molar-refractivity contribution is 5.34. The maximum atomic E-state index is 4.74. The third-order valence-electron chi connectivity index (χ3n) is 2.80. The van der Waals surface area contributed by atoms with Gasteiger partial charge in [0, 0.05) is 11.4 Å². The van der Waals surface area contributed by atoms with Gasteiger partial charge in [-0.2, -0.15) is 0 Å². The van der Waals surface area contributed by atoms with Crippen LogP contribution in [0.15, 0.2) is 6.07 Å². The second-order valence-corrected chi connectivity index (χ2v) is 5.73. The largest absolute Gasteiger partial charge is 0.257 e. The zero-order chi connectivity index (χ0) is 11.8. The molecule has 0 aliphatic rings. The minimum atomic E-state index is 0.192. The minimum absolute atomic E-state index is 0.192. The molecular formula is C14H23N. The van der Waals surface area contributed by atoms with Crippen LogP contribution in [0, 0.1) is 13.8 Å². The van der Waals surface area contributed by atoms with Crippen LogP contribution in [0.3, 0.4) is 0 Å². The first kappa shape index (κ1) is 12.2. The highest BCUT2D eigenvalue weighted by Crippen LogP contribution is 2.28. The molecular weight excluding hydrogens is 182 g/mol. The summed E-state index contributed by atoms with van der Waals surface area (Å²) >= 11 is 0. The lowest BCUT2D eigenvalue weighted by molar-refractivity contribution is 0.579. The number of pyridine rings is 1. The van der Waals surface area contributed by atoms with Gasteiger partial charge in [0.1, 0.15) is 0 Å². The van der Waals surface area contributed by atoms with Crippen LogP contribution in [0.1, 0.15) is 63.1 Å². The van der Waals surface area contributed by atoms with E-state index in [0.29, 0.717) is 5.92 Å². The molecule has 1 aromatic heterocycles. The summed E-state index contributed by atoms with van der Waals surface area (Å²) in [5.74, 6) is 0.512. The average molecular weight is 205 g/mol. The summed E-state index contributed by atoms with van der Waals surface area (Å²) < 4.78 is 0. The fraction of sp³-hybridized carbons (Fsp3) is 0.643. The first-order chi connectivity index (χ1) is 6.73. The lowest BCUT2D eigenvalue weighted by atomic mass is 9.84. The summed E-state index contributed by atoms with van der Waals surface area (Å²) in [6.45, 7) is 15.4. The smallest absolute Gasteiger partial charge is 0.0461 e. The van der Waals surface area contributed by atoms with Crippen LogP contribution in [-0.2, 0) is 5.41 Å². The molecule has 1 aromatic rings. The molecule has 0 radical (unpaired) electrons. The monoisotopic (exact) mass is 205 g/mol. The molecule has 0 fully saturated rings. The van der Waals surface area contributed by atoms with Gasteiger partial charge in [-0.05, 0) is 36.3 Å². The molecule has 1 heteroatoms. The molecule has 0 spiro atoms. The first-order valence-electron chi connectivity index (χ1n) is 5.72. The predicted molar refractivity (Wildman–Crippen MR) is 66.5 cm³/mol. The molecule has 0 atom stereocenters. The Balaban J connectivity index is 3.32. The van der Waals surface area contributed by atoms with Gasteiger partial charge < -0.3 is 0 Å². The van der Waals surface area contributed by atoms with Crippen molar-refractivity contribution >= 4 is 0 Å². The van der Waals surface area contributed by atoms with Crippen molar-refractivity contribution in [3.8, 4) is 0 Å². The molecule has 1 heterocycles. The van der Waals surface area contributed by atoms with Gasteiger partial charge in [0.05, 0.1) is 0 Å². The number of rotatable bonds is 1. The fourth-order valence-corrected chi connectivity index (χ4v) is 2.07. The van der Waals surface area contributed by atoms with E-state index in [1.165, 1.54) is 22.5 Å². The van der Waals surface area contributed by atoms with Crippen molar-refractivity contribution < 1.29 is 0 Å². The van der Waals surface area contributed by atoms with Crippen molar-refractivity contribution in [3.63, 3.8) is 0 Å². The van der Waals surface area contributed by atoms with Gasteiger partial charge in [-0.25, -0.2) is 0 Å². The van der Waals surface area contributed by atoms with E-state index in [9.17, 15) is 0 Å². The predicted octanol–water partition coefficient (Wildman–Crippen LogP) is 4.12. The molecule has 0 aromatic carbocycles. The Hall–Kier alpha value is -0.850. The Morgan fingerprint density at radius 1 is 1.13 bits per heavy atom. The second-order valence-electron chi connectivity index (χ2n) is 5.73. The zero-order valence-corrected chi connectivity index (χ0v) is 11.1. The topological polar surface area (TPSA) is 12.9 Å². The molecule has 0 bridgehead atoms. The number of aryl methyl sites for hydroxylation is 2. The van der Waals surface area contributed by atoms with Crippen molar-refractivity contribution in [1.82, 2.24) is 4.98 Å². The van der Waals surface area contributed by atoms with E-state index in [0.717, 1.165) is 0 Å². The highest BCUT2D eigenvalue weighted by atomic mass is 14.7. The summed E-state index contributed by atoms with van der Waals surface area (Å²) in [5, 5.41) is 0. The highest BCUT2D eigenvalue weighted by Gasteiger charge is 2.19. The Morgan fingerprint density at radius 3 is 2.07 bits per heavy atom. The van der Waals surface area contributed by atoms with Crippen molar-refractivity contribution in [2.75, 3.05) is 0 Å². The summed E-state index contributed by atoms with van der Waals surface area (Å²) in [7, 11) is 0. The van der Waals surface area contributed by atoms with Gasteiger partial charge >= 0.3 is 0 Å². The van der Waals surface area contributed by atoms with Gasteiger partial charge in [-0.3, -0.25) is 4.98 Å². The molecule has 0 unspecified atom stereocenters. The molecule has 15 heavy (non-hydrogen) atoms. The molecule has 1 nitrogen and oxygen atoms in total. The van der Waals surface area contributed by atoms with E-state index in [4.69, 9.17) is 4.98 Å².